The molecule has 0 heterocycles. The van der Waals surface area contributed by atoms with Crippen LogP contribution < -0.4 is 5.32 Å². The summed E-state index contributed by atoms with van der Waals surface area (Å²) in [5.41, 5.74) is -0.850. The van der Waals surface area contributed by atoms with E-state index in [1.165, 1.54) is 7.05 Å². The van der Waals surface area contributed by atoms with Gasteiger partial charge in [0, 0.05) is 18.0 Å². The van der Waals surface area contributed by atoms with Gasteiger partial charge in [0.05, 0.1) is 0 Å². The molecule has 0 aromatic heterocycles. The van der Waals surface area contributed by atoms with Gasteiger partial charge in [0.2, 0.25) is 5.82 Å². The molecular formula is C13H12F5N. The lowest BCUT2D eigenvalue weighted by Crippen LogP contribution is -2.21. The van der Waals surface area contributed by atoms with Crippen LogP contribution in [0.3, 0.4) is 0 Å². The molecule has 1 unspecified atom stereocenters. The van der Waals surface area contributed by atoms with Crippen LogP contribution >= 0.6 is 0 Å². The number of nitrogens with one attached hydrogen (secondary N) is 1. The van der Waals surface area contributed by atoms with E-state index in [9.17, 15) is 22.0 Å². The lowest BCUT2D eigenvalue weighted by atomic mass is 10.00. The zero-order valence-corrected chi connectivity index (χ0v) is 10.4. The first-order valence-electron chi connectivity index (χ1n) is 5.53. The molecule has 1 atom stereocenters. The molecule has 0 aliphatic rings. The minimum Gasteiger partial charge on any atom is -0.313 e. The van der Waals surface area contributed by atoms with Crippen molar-refractivity contribution in [2.24, 2.45) is 0 Å². The highest BCUT2D eigenvalue weighted by molar-refractivity contribution is 5.27. The summed E-state index contributed by atoms with van der Waals surface area (Å²) in [7, 11) is 1.38. The summed E-state index contributed by atoms with van der Waals surface area (Å²) in [5, 5.41) is 2.53. The van der Waals surface area contributed by atoms with Gasteiger partial charge in [-0.3, -0.25) is 0 Å². The molecule has 1 aromatic carbocycles. The summed E-state index contributed by atoms with van der Waals surface area (Å²) in [6.07, 6.45) is 0.414. The van der Waals surface area contributed by atoms with Crippen LogP contribution in [0.25, 0.3) is 0 Å². The lowest BCUT2D eigenvalue weighted by molar-refractivity contribution is 0.356. The number of rotatable bonds is 4. The molecule has 0 saturated carbocycles. The van der Waals surface area contributed by atoms with Gasteiger partial charge in [-0.2, -0.15) is 0 Å². The van der Waals surface area contributed by atoms with Crippen molar-refractivity contribution in [1.82, 2.24) is 5.32 Å². The second-order valence-corrected chi connectivity index (χ2v) is 3.79. The molecule has 0 fully saturated rings. The lowest BCUT2D eigenvalue weighted by Gasteiger charge is -2.18. The van der Waals surface area contributed by atoms with Crippen molar-refractivity contribution in [1.29, 1.82) is 0 Å². The van der Waals surface area contributed by atoms with Gasteiger partial charge in [-0.25, -0.2) is 22.0 Å². The predicted octanol–water partition coefficient (Wildman–Crippen LogP) is 3.45. The topological polar surface area (TPSA) is 12.0 Å². The highest BCUT2D eigenvalue weighted by Gasteiger charge is 2.29. The third-order valence-corrected chi connectivity index (χ3v) is 2.68. The Morgan fingerprint density at radius 3 is 1.84 bits per heavy atom. The van der Waals surface area contributed by atoms with Crippen molar-refractivity contribution in [2.45, 2.75) is 25.8 Å². The van der Waals surface area contributed by atoms with Crippen LogP contribution in [0, 0.1) is 40.9 Å². The van der Waals surface area contributed by atoms with E-state index in [0.29, 0.717) is 0 Å². The van der Waals surface area contributed by atoms with Crippen molar-refractivity contribution in [3.8, 4) is 11.8 Å². The molecular weight excluding hydrogens is 265 g/mol. The van der Waals surface area contributed by atoms with Crippen LogP contribution in [0.4, 0.5) is 22.0 Å². The largest absolute Gasteiger partial charge is 0.313 e. The van der Waals surface area contributed by atoms with E-state index in [-0.39, 0.29) is 12.8 Å². The van der Waals surface area contributed by atoms with Gasteiger partial charge in [0.25, 0.3) is 0 Å². The highest BCUT2D eigenvalue weighted by atomic mass is 19.2. The number of halogens is 5. The maximum Gasteiger partial charge on any atom is 0.200 e. The Hall–Kier alpha value is -1.61. The predicted molar refractivity (Wildman–Crippen MR) is 60.7 cm³/mol. The van der Waals surface area contributed by atoms with E-state index in [1.807, 2.05) is 0 Å². The SMILES string of the molecule is CC#CCCC(NC)c1c(F)c(F)c(F)c(F)c1F. The Labute approximate surface area is 107 Å². The molecule has 1 aromatic rings. The molecule has 1 N–H and O–H groups in total. The summed E-state index contributed by atoms with van der Waals surface area (Å²) in [6.45, 7) is 1.59. The van der Waals surface area contributed by atoms with Gasteiger partial charge in [-0.05, 0) is 20.4 Å². The first-order valence-corrected chi connectivity index (χ1v) is 5.53. The Morgan fingerprint density at radius 2 is 1.42 bits per heavy atom. The van der Waals surface area contributed by atoms with E-state index in [0.717, 1.165) is 0 Å². The van der Waals surface area contributed by atoms with Gasteiger partial charge in [0.1, 0.15) is 0 Å². The summed E-state index contributed by atoms with van der Waals surface area (Å²) < 4.78 is 66.1. The molecule has 0 spiro atoms. The summed E-state index contributed by atoms with van der Waals surface area (Å²) in [6, 6.07) is -0.995. The second kappa shape index (κ2) is 6.53. The highest BCUT2D eigenvalue weighted by Crippen LogP contribution is 2.29. The minimum absolute atomic E-state index is 0.135. The number of hydrogen-bond donors (Lipinski definition) is 1. The Kier molecular flexibility index (Phi) is 5.31. The summed E-state index contributed by atoms with van der Waals surface area (Å²) in [4.78, 5) is 0. The van der Waals surface area contributed by atoms with E-state index >= 15 is 0 Å². The third kappa shape index (κ3) is 3.04. The molecule has 1 rings (SSSR count). The molecule has 19 heavy (non-hydrogen) atoms. The smallest absolute Gasteiger partial charge is 0.200 e. The maximum atomic E-state index is 13.6. The molecule has 0 aliphatic carbocycles. The quantitative estimate of drug-likeness (QED) is 0.385. The number of benzene rings is 1. The summed E-state index contributed by atoms with van der Waals surface area (Å²) >= 11 is 0. The van der Waals surface area contributed by atoms with Crippen LogP contribution in [0.2, 0.25) is 0 Å². The fraction of sp³-hybridized carbons (Fsp3) is 0.385. The van der Waals surface area contributed by atoms with Gasteiger partial charge in [0.15, 0.2) is 23.3 Å². The van der Waals surface area contributed by atoms with Gasteiger partial charge < -0.3 is 5.32 Å². The van der Waals surface area contributed by atoms with E-state index in [1.54, 1.807) is 6.92 Å². The van der Waals surface area contributed by atoms with E-state index in [2.05, 4.69) is 17.2 Å². The van der Waals surface area contributed by atoms with Crippen LogP contribution in [-0.2, 0) is 0 Å². The van der Waals surface area contributed by atoms with Crippen LogP contribution in [0.5, 0.6) is 0 Å². The Morgan fingerprint density at radius 1 is 0.947 bits per heavy atom. The maximum absolute atomic E-state index is 13.6. The first kappa shape index (κ1) is 15.4. The van der Waals surface area contributed by atoms with Crippen molar-refractivity contribution < 1.29 is 22.0 Å². The van der Waals surface area contributed by atoms with E-state index < -0.39 is 40.7 Å². The molecule has 1 nitrogen and oxygen atoms in total. The van der Waals surface area contributed by atoms with Crippen molar-refractivity contribution in [3.63, 3.8) is 0 Å². The summed E-state index contributed by atoms with van der Waals surface area (Å²) in [5.74, 6) is -4.38. The average Bonchev–Trinajstić information content (AvgIpc) is 2.41. The molecule has 0 saturated heterocycles. The zero-order valence-electron chi connectivity index (χ0n) is 10.4. The van der Waals surface area contributed by atoms with Gasteiger partial charge >= 0.3 is 0 Å². The van der Waals surface area contributed by atoms with Crippen LogP contribution in [-0.4, -0.2) is 7.05 Å². The fourth-order valence-electron chi connectivity index (χ4n) is 1.70. The molecule has 6 heteroatoms. The molecule has 104 valence electrons. The number of hydrogen-bond acceptors (Lipinski definition) is 1. The third-order valence-electron chi connectivity index (χ3n) is 2.68. The van der Waals surface area contributed by atoms with Crippen molar-refractivity contribution >= 4 is 0 Å². The minimum atomic E-state index is -2.15. The van der Waals surface area contributed by atoms with Crippen molar-refractivity contribution in [3.05, 3.63) is 34.6 Å². The van der Waals surface area contributed by atoms with E-state index in [4.69, 9.17) is 0 Å². The van der Waals surface area contributed by atoms with Gasteiger partial charge in [-0.1, -0.05) is 0 Å². The Balaban J connectivity index is 3.26. The molecule has 0 aliphatic heterocycles. The van der Waals surface area contributed by atoms with Crippen molar-refractivity contribution in [2.75, 3.05) is 7.05 Å². The monoisotopic (exact) mass is 277 g/mol. The fourth-order valence-corrected chi connectivity index (χ4v) is 1.70. The average molecular weight is 277 g/mol. The molecule has 0 bridgehead atoms. The first-order chi connectivity index (χ1) is 8.95. The molecule has 0 amide bonds. The van der Waals surface area contributed by atoms with Crippen LogP contribution in [0.1, 0.15) is 31.4 Å². The zero-order chi connectivity index (χ0) is 14.6. The second-order valence-electron chi connectivity index (χ2n) is 3.79. The Bertz CT molecular complexity index is 501. The van der Waals surface area contributed by atoms with Crippen LogP contribution in [0.15, 0.2) is 0 Å². The molecule has 0 radical (unpaired) electrons. The standard InChI is InChI=1S/C13H12F5N/c1-3-4-5-6-7(19-2)8-9(14)11(16)13(18)12(17)10(8)15/h7,19H,5-6H2,1-2H3. The van der Waals surface area contributed by atoms with Gasteiger partial charge in [-0.15, -0.1) is 11.8 Å². The normalized spacial score (nSPS) is 11.9.